The number of carbonyl (C=O) groups is 2. The molecule has 1 heterocycles. The van der Waals surface area contributed by atoms with Gasteiger partial charge in [-0.2, -0.15) is 4.98 Å². The van der Waals surface area contributed by atoms with Crippen molar-refractivity contribution in [2.75, 3.05) is 13.7 Å². The Morgan fingerprint density at radius 2 is 1.59 bits per heavy atom. The molecule has 0 aliphatic carbocycles. The third-order valence-corrected chi connectivity index (χ3v) is 5.49. The Hall–Kier alpha value is -4.86. The summed E-state index contributed by atoms with van der Waals surface area (Å²) in [4.78, 5) is 29.7. The molecule has 0 spiro atoms. The maximum atomic E-state index is 12.8. The van der Waals surface area contributed by atoms with Gasteiger partial charge in [0.25, 0.3) is 5.89 Å². The van der Waals surface area contributed by atoms with Crippen molar-refractivity contribution in [2.45, 2.75) is 19.6 Å². The highest BCUT2D eigenvalue weighted by atomic mass is 16.6. The number of amides is 1. The Morgan fingerprint density at radius 3 is 2.24 bits per heavy atom. The van der Waals surface area contributed by atoms with E-state index in [4.69, 9.17) is 18.7 Å². The number of nitrogens with zero attached hydrogens (tertiary/aromatic N) is 3. The van der Waals surface area contributed by atoms with Crippen LogP contribution in [0.5, 0.6) is 17.2 Å². The van der Waals surface area contributed by atoms with Crippen molar-refractivity contribution in [1.29, 1.82) is 0 Å². The molecule has 1 atom stereocenters. The van der Waals surface area contributed by atoms with Crippen LogP contribution < -0.4 is 14.2 Å². The van der Waals surface area contributed by atoms with Gasteiger partial charge >= 0.3 is 12.1 Å². The minimum atomic E-state index is -1.16. The van der Waals surface area contributed by atoms with E-state index in [2.05, 4.69) is 10.1 Å². The van der Waals surface area contributed by atoms with Crippen LogP contribution in [-0.2, 0) is 11.4 Å². The van der Waals surface area contributed by atoms with Gasteiger partial charge in [-0.05, 0) is 61.0 Å². The summed E-state index contributed by atoms with van der Waals surface area (Å²) in [7, 11) is 1.53. The summed E-state index contributed by atoms with van der Waals surface area (Å²) in [5.74, 6) is 1.07. The Kier molecular flexibility index (Phi) is 7.99. The molecule has 0 bridgehead atoms. The molecule has 3 aromatic carbocycles. The van der Waals surface area contributed by atoms with Gasteiger partial charge in [-0.3, -0.25) is 9.69 Å². The Balaban J connectivity index is 1.39. The van der Waals surface area contributed by atoms with E-state index in [9.17, 15) is 14.7 Å². The van der Waals surface area contributed by atoms with Gasteiger partial charge in [0.15, 0.2) is 6.61 Å². The lowest BCUT2D eigenvalue weighted by molar-refractivity contribution is -0.138. The summed E-state index contributed by atoms with van der Waals surface area (Å²) >= 11 is 0. The second kappa shape index (κ2) is 11.7. The van der Waals surface area contributed by atoms with Crippen molar-refractivity contribution >= 4 is 12.1 Å². The van der Waals surface area contributed by atoms with Gasteiger partial charge < -0.3 is 23.8 Å². The number of carboxylic acids is 1. The van der Waals surface area contributed by atoms with Crippen LogP contribution in [0.4, 0.5) is 4.79 Å². The van der Waals surface area contributed by atoms with Crippen LogP contribution in [0, 0.1) is 0 Å². The topological polar surface area (TPSA) is 124 Å². The Bertz CT molecular complexity index is 1320. The van der Waals surface area contributed by atoms with E-state index < -0.39 is 24.6 Å². The zero-order chi connectivity index (χ0) is 26.2. The van der Waals surface area contributed by atoms with E-state index in [1.807, 2.05) is 30.3 Å². The average molecular weight is 504 g/mol. The smallest absolute Gasteiger partial charge is 0.416 e. The molecule has 4 rings (SSSR count). The number of benzene rings is 3. The first-order valence-electron chi connectivity index (χ1n) is 11.4. The van der Waals surface area contributed by atoms with Crippen LogP contribution in [0.15, 0.2) is 83.4 Å². The number of ether oxygens (including phenoxy) is 3. The summed E-state index contributed by atoms with van der Waals surface area (Å²) in [6.07, 6.45) is -0.785. The van der Waals surface area contributed by atoms with Gasteiger partial charge in [-0.15, -0.1) is 0 Å². The summed E-state index contributed by atoms with van der Waals surface area (Å²) < 4.78 is 21.5. The number of hydrogen-bond donors (Lipinski definition) is 1. The van der Waals surface area contributed by atoms with Gasteiger partial charge in [-0.1, -0.05) is 35.5 Å². The van der Waals surface area contributed by atoms with Crippen molar-refractivity contribution in [3.63, 3.8) is 0 Å². The summed E-state index contributed by atoms with van der Waals surface area (Å²) in [5.41, 5.74) is 1.52. The fraction of sp³-hybridized carbons (Fsp3) is 0.185. The lowest BCUT2D eigenvalue weighted by atomic mass is 10.1. The molecular formula is C27H25N3O7. The highest BCUT2D eigenvalue weighted by Gasteiger charge is 2.26. The first-order valence-corrected chi connectivity index (χ1v) is 11.4. The molecule has 0 saturated carbocycles. The number of rotatable bonds is 10. The minimum absolute atomic E-state index is 0.102. The molecule has 0 aliphatic rings. The first-order chi connectivity index (χ1) is 17.9. The molecule has 37 heavy (non-hydrogen) atoms. The monoisotopic (exact) mass is 503 g/mol. The van der Waals surface area contributed by atoms with Crippen molar-refractivity contribution in [2.24, 2.45) is 0 Å². The maximum absolute atomic E-state index is 12.8. The highest BCUT2D eigenvalue weighted by Crippen LogP contribution is 2.25. The second-order valence-corrected chi connectivity index (χ2v) is 7.98. The maximum Gasteiger partial charge on any atom is 0.416 e. The van der Waals surface area contributed by atoms with Crippen LogP contribution in [0.1, 0.15) is 24.4 Å². The molecular weight excluding hydrogens is 478 g/mol. The number of methoxy groups -OCH3 is 1. The summed E-state index contributed by atoms with van der Waals surface area (Å²) in [5, 5.41) is 13.3. The molecule has 4 aromatic rings. The van der Waals surface area contributed by atoms with E-state index in [0.717, 1.165) is 10.5 Å². The number of hydrogen-bond acceptors (Lipinski definition) is 8. The molecule has 0 aliphatic heterocycles. The van der Waals surface area contributed by atoms with Crippen molar-refractivity contribution < 1.29 is 33.4 Å². The fourth-order valence-corrected chi connectivity index (χ4v) is 3.49. The fourth-order valence-electron chi connectivity index (χ4n) is 3.49. The lowest BCUT2D eigenvalue weighted by Crippen LogP contribution is -2.39. The second-order valence-electron chi connectivity index (χ2n) is 7.98. The highest BCUT2D eigenvalue weighted by molar-refractivity contribution is 5.78. The average Bonchev–Trinajstić information content (AvgIpc) is 3.40. The van der Waals surface area contributed by atoms with E-state index >= 15 is 0 Å². The van der Waals surface area contributed by atoms with Crippen molar-refractivity contribution in [1.82, 2.24) is 15.0 Å². The zero-order valence-corrected chi connectivity index (χ0v) is 20.2. The largest absolute Gasteiger partial charge is 0.497 e. The molecule has 0 radical (unpaired) electrons. The van der Waals surface area contributed by atoms with Gasteiger partial charge in [-0.25, -0.2) is 4.79 Å². The summed E-state index contributed by atoms with van der Waals surface area (Å²) in [6, 6.07) is 22.2. The van der Waals surface area contributed by atoms with E-state index in [-0.39, 0.29) is 12.4 Å². The van der Waals surface area contributed by atoms with E-state index in [0.29, 0.717) is 28.8 Å². The Labute approximate surface area is 213 Å². The SMILES string of the molecule is COc1ccc(OC(=O)N(CC(=O)O)[C@@H](C)c2ccc(OCc3noc(-c4ccccc4)n3)cc2)cc1. The zero-order valence-electron chi connectivity index (χ0n) is 20.2. The third kappa shape index (κ3) is 6.63. The van der Waals surface area contributed by atoms with E-state index in [1.165, 1.54) is 7.11 Å². The number of carboxylic acid groups (broad SMARTS) is 1. The molecule has 0 fully saturated rings. The standard InChI is InChI=1S/C27H25N3O7/c1-18(30(16-25(31)32)27(33)36-23-14-12-21(34-2)13-15-23)19-8-10-22(11-9-19)35-17-24-28-26(37-29-24)20-6-4-3-5-7-20/h3-15,18H,16-17H2,1-2H3,(H,31,32)/t18-/m0/s1. The van der Waals surface area contributed by atoms with Gasteiger partial charge in [0, 0.05) is 5.56 Å². The predicted octanol–water partition coefficient (Wildman–Crippen LogP) is 4.97. The predicted molar refractivity (Wildman–Crippen MR) is 132 cm³/mol. The van der Waals surface area contributed by atoms with Crippen LogP contribution in [0.2, 0.25) is 0 Å². The summed E-state index contributed by atoms with van der Waals surface area (Å²) in [6.45, 7) is 1.29. The quantitative estimate of drug-likeness (QED) is 0.319. The molecule has 1 aromatic heterocycles. The molecule has 0 unspecified atom stereocenters. The van der Waals surface area contributed by atoms with Gasteiger partial charge in [0.2, 0.25) is 5.82 Å². The van der Waals surface area contributed by atoms with Crippen LogP contribution in [-0.4, -0.2) is 45.9 Å². The van der Waals surface area contributed by atoms with Gasteiger partial charge in [0.05, 0.1) is 13.2 Å². The number of aromatic nitrogens is 2. The normalized spacial score (nSPS) is 11.4. The molecule has 0 saturated heterocycles. The lowest BCUT2D eigenvalue weighted by Gasteiger charge is -2.27. The Morgan fingerprint density at radius 1 is 0.946 bits per heavy atom. The number of carbonyl (C=O) groups excluding carboxylic acids is 1. The molecule has 1 amide bonds. The minimum Gasteiger partial charge on any atom is -0.497 e. The molecule has 190 valence electrons. The van der Waals surface area contributed by atoms with Crippen molar-refractivity contribution in [3.05, 3.63) is 90.3 Å². The third-order valence-electron chi connectivity index (χ3n) is 5.49. The van der Waals surface area contributed by atoms with Crippen LogP contribution in [0.25, 0.3) is 11.5 Å². The molecule has 1 N–H and O–H groups in total. The van der Waals surface area contributed by atoms with Crippen molar-refractivity contribution in [3.8, 4) is 28.7 Å². The van der Waals surface area contributed by atoms with Gasteiger partial charge in [0.1, 0.15) is 23.8 Å². The van der Waals surface area contributed by atoms with Crippen LogP contribution in [0.3, 0.4) is 0 Å². The first kappa shape index (κ1) is 25.2. The molecule has 10 heteroatoms. The van der Waals surface area contributed by atoms with E-state index in [1.54, 1.807) is 55.5 Å². The molecule has 10 nitrogen and oxygen atoms in total. The number of aliphatic carboxylic acids is 1. The van der Waals surface area contributed by atoms with Crippen LogP contribution >= 0.6 is 0 Å².